The van der Waals surface area contributed by atoms with E-state index >= 15 is 0 Å². The molecule has 1 fully saturated rings. The average molecular weight is 235 g/mol. The van der Waals surface area contributed by atoms with Crippen molar-refractivity contribution in [2.45, 2.75) is 51.4 Å². The number of aliphatic hydroxyl groups excluding tert-OH is 1. The zero-order chi connectivity index (χ0) is 11.8. The van der Waals surface area contributed by atoms with Crippen LogP contribution >= 0.6 is 0 Å². The predicted octanol–water partition coefficient (Wildman–Crippen LogP) is 2.28. The van der Waals surface area contributed by atoms with Crippen LogP contribution in [0.4, 0.5) is 0 Å². The van der Waals surface area contributed by atoms with Crippen LogP contribution in [0.25, 0.3) is 0 Å². The zero-order valence-corrected chi connectivity index (χ0v) is 10.4. The van der Waals surface area contributed by atoms with Crippen molar-refractivity contribution in [3.63, 3.8) is 0 Å². The van der Waals surface area contributed by atoms with Gasteiger partial charge in [-0.05, 0) is 38.7 Å². The first-order valence-corrected chi connectivity index (χ1v) is 6.73. The second-order valence-electron chi connectivity index (χ2n) is 5.40. The monoisotopic (exact) mass is 235 g/mol. The van der Waals surface area contributed by atoms with E-state index in [1.165, 1.54) is 5.69 Å². The van der Waals surface area contributed by atoms with Crippen molar-refractivity contribution in [3.05, 3.63) is 23.5 Å². The van der Waals surface area contributed by atoms with Crippen LogP contribution in [0.1, 0.15) is 43.5 Å². The highest BCUT2D eigenvalue weighted by molar-refractivity contribution is 5.27. The van der Waals surface area contributed by atoms with E-state index in [0.29, 0.717) is 12.0 Å². The fraction of sp³-hybridized carbons (Fsp3) is 0.714. The van der Waals surface area contributed by atoms with Gasteiger partial charge in [0.15, 0.2) is 0 Å². The molecule has 1 aliphatic carbocycles. The molecule has 2 heterocycles. The first kappa shape index (κ1) is 11.3. The highest BCUT2D eigenvalue weighted by Gasteiger charge is 2.27. The van der Waals surface area contributed by atoms with E-state index < -0.39 is 0 Å². The van der Waals surface area contributed by atoms with Gasteiger partial charge >= 0.3 is 0 Å². The summed E-state index contributed by atoms with van der Waals surface area (Å²) in [6, 6.07) is 2.10. The molecule has 1 aromatic heterocycles. The van der Waals surface area contributed by atoms with Gasteiger partial charge < -0.3 is 14.4 Å². The molecule has 1 aromatic rings. The summed E-state index contributed by atoms with van der Waals surface area (Å²) in [7, 11) is 0. The molecule has 17 heavy (non-hydrogen) atoms. The van der Waals surface area contributed by atoms with Gasteiger partial charge in [-0.1, -0.05) is 0 Å². The highest BCUT2D eigenvalue weighted by Crippen LogP contribution is 2.32. The van der Waals surface area contributed by atoms with Crippen LogP contribution in [0, 0.1) is 5.92 Å². The summed E-state index contributed by atoms with van der Waals surface area (Å²) in [6.07, 6.45) is 6.58. The highest BCUT2D eigenvalue weighted by atomic mass is 16.5. The molecule has 3 heteroatoms. The molecule has 94 valence electrons. The molecule has 3 unspecified atom stereocenters. The van der Waals surface area contributed by atoms with Crippen LogP contribution in [-0.4, -0.2) is 22.4 Å². The summed E-state index contributed by atoms with van der Waals surface area (Å²) >= 11 is 0. The molecule has 2 aliphatic rings. The van der Waals surface area contributed by atoms with Crippen molar-refractivity contribution in [2.24, 2.45) is 5.92 Å². The molecule has 0 radical (unpaired) electrons. The summed E-state index contributed by atoms with van der Waals surface area (Å²) in [5.41, 5.74) is 2.51. The van der Waals surface area contributed by atoms with E-state index in [-0.39, 0.29) is 6.10 Å². The van der Waals surface area contributed by atoms with Crippen molar-refractivity contribution >= 4 is 0 Å². The van der Waals surface area contributed by atoms with Crippen LogP contribution in [0.15, 0.2) is 12.3 Å². The Morgan fingerprint density at radius 1 is 1.47 bits per heavy atom. The minimum Gasteiger partial charge on any atom is -0.388 e. The largest absolute Gasteiger partial charge is 0.388 e. The Labute approximate surface area is 102 Å². The van der Waals surface area contributed by atoms with Gasteiger partial charge in [-0.15, -0.1) is 0 Å². The maximum atomic E-state index is 9.95. The van der Waals surface area contributed by atoms with E-state index in [1.807, 2.05) is 0 Å². The maximum Gasteiger partial charge on any atom is 0.0807 e. The molecule has 0 saturated carbocycles. The number of fused-ring (bicyclic) bond motifs is 1. The summed E-state index contributed by atoms with van der Waals surface area (Å²) in [5.74, 6) is 0.630. The molecule has 3 nitrogen and oxygen atoms in total. The molecule has 0 amide bonds. The molecule has 3 atom stereocenters. The molecule has 0 aromatic carbocycles. The second-order valence-corrected chi connectivity index (χ2v) is 5.40. The van der Waals surface area contributed by atoms with Crippen LogP contribution in [0.3, 0.4) is 0 Å². The Morgan fingerprint density at radius 2 is 2.35 bits per heavy atom. The number of nitrogens with zero attached hydrogens (tertiary/aromatic N) is 1. The lowest BCUT2D eigenvalue weighted by Gasteiger charge is -2.22. The van der Waals surface area contributed by atoms with Gasteiger partial charge in [0.1, 0.15) is 0 Å². The molecule has 1 saturated heterocycles. The molecular weight excluding hydrogens is 214 g/mol. The Hall–Kier alpha value is -0.800. The zero-order valence-electron chi connectivity index (χ0n) is 10.4. The lowest BCUT2D eigenvalue weighted by Crippen LogP contribution is -2.20. The third kappa shape index (κ3) is 2.02. The standard InChI is InChI=1S/C14H21NO2/c1-10-11(6-8-17-10)9-15-7-5-12-13(15)3-2-4-14(12)16/h5,7,10-11,14,16H,2-4,6,8-9H2,1H3. The minimum atomic E-state index is -0.239. The van der Waals surface area contributed by atoms with Crippen molar-refractivity contribution in [1.82, 2.24) is 4.57 Å². The summed E-state index contributed by atoms with van der Waals surface area (Å²) in [6.45, 7) is 4.11. The number of rotatable bonds is 2. The third-order valence-electron chi connectivity index (χ3n) is 4.33. The van der Waals surface area contributed by atoms with Gasteiger partial charge in [0.2, 0.25) is 0 Å². The first-order valence-electron chi connectivity index (χ1n) is 6.73. The fourth-order valence-corrected chi connectivity index (χ4v) is 3.17. The number of aliphatic hydroxyl groups is 1. The normalized spacial score (nSPS) is 32.7. The molecular formula is C14H21NO2. The fourth-order valence-electron chi connectivity index (χ4n) is 3.17. The van der Waals surface area contributed by atoms with Gasteiger partial charge in [-0.2, -0.15) is 0 Å². The Kier molecular flexibility index (Phi) is 2.97. The van der Waals surface area contributed by atoms with Crippen LogP contribution in [-0.2, 0) is 17.7 Å². The van der Waals surface area contributed by atoms with E-state index in [2.05, 4.69) is 23.8 Å². The number of ether oxygens (including phenoxy) is 1. The summed E-state index contributed by atoms with van der Waals surface area (Å²) in [4.78, 5) is 0. The Balaban J connectivity index is 1.79. The Morgan fingerprint density at radius 3 is 3.12 bits per heavy atom. The van der Waals surface area contributed by atoms with E-state index in [0.717, 1.165) is 44.4 Å². The van der Waals surface area contributed by atoms with Gasteiger partial charge in [-0.25, -0.2) is 0 Å². The average Bonchev–Trinajstić information content (AvgIpc) is 2.89. The van der Waals surface area contributed by atoms with Gasteiger partial charge in [0, 0.05) is 36.5 Å². The molecule has 0 spiro atoms. The first-order chi connectivity index (χ1) is 8.25. The van der Waals surface area contributed by atoms with Crippen molar-refractivity contribution in [2.75, 3.05) is 6.61 Å². The molecule has 3 rings (SSSR count). The third-order valence-corrected chi connectivity index (χ3v) is 4.33. The SMILES string of the molecule is CC1OCCC1Cn1ccc2c1CCCC2O. The van der Waals surface area contributed by atoms with Crippen LogP contribution < -0.4 is 0 Å². The van der Waals surface area contributed by atoms with E-state index in [1.54, 1.807) is 0 Å². The number of aromatic nitrogens is 1. The van der Waals surface area contributed by atoms with Crippen LogP contribution in [0.5, 0.6) is 0 Å². The van der Waals surface area contributed by atoms with Gasteiger partial charge in [0.05, 0.1) is 12.2 Å². The maximum absolute atomic E-state index is 9.95. The number of hydrogen-bond acceptors (Lipinski definition) is 2. The summed E-state index contributed by atoms with van der Waals surface area (Å²) in [5, 5.41) is 9.95. The second kappa shape index (κ2) is 4.46. The minimum absolute atomic E-state index is 0.239. The van der Waals surface area contributed by atoms with Crippen LogP contribution in [0.2, 0.25) is 0 Å². The van der Waals surface area contributed by atoms with Gasteiger partial charge in [-0.3, -0.25) is 0 Å². The van der Waals surface area contributed by atoms with Crippen molar-refractivity contribution in [1.29, 1.82) is 0 Å². The van der Waals surface area contributed by atoms with E-state index in [9.17, 15) is 5.11 Å². The van der Waals surface area contributed by atoms with Gasteiger partial charge in [0.25, 0.3) is 0 Å². The lowest BCUT2D eigenvalue weighted by atomic mass is 9.95. The summed E-state index contributed by atoms with van der Waals surface area (Å²) < 4.78 is 7.96. The molecule has 1 aliphatic heterocycles. The quantitative estimate of drug-likeness (QED) is 0.853. The smallest absolute Gasteiger partial charge is 0.0807 e. The lowest BCUT2D eigenvalue weighted by molar-refractivity contribution is 0.101. The topological polar surface area (TPSA) is 34.4 Å². The predicted molar refractivity (Wildman–Crippen MR) is 65.9 cm³/mol. The number of hydrogen-bond donors (Lipinski definition) is 1. The van der Waals surface area contributed by atoms with Crippen molar-refractivity contribution < 1.29 is 9.84 Å². The Bertz CT molecular complexity index is 399. The van der Waals surface area contributed by atoms with Crippen molar-refractivity contribution in [3.8, 4) is 0 Å². The molecule has 1 N–H and O–H groups in total. The van der Waals surface area contributed by atoms with E-state index in [4.69, 9.17) is 4.74 Å². The molecule has 0 bridgehead atoms.